The van der Waals surface area contributed by atoms with Crippen LogP contribution in [0.25, 0.3) is 11.1 Å². The monoisotopic (exact) mass is 229 g/mol. The molecular formula is C15H16FN. The Morgan fingerprint density at radius 1 is 1.00 bits per heavy atom. The Labute approximate surface area is 101 Å². The van der Waals surface area contributed by atoms with Gasteiger partial charge in [0.1, 0.15) is 0 Å². The normalized spacial score (nSPS) is 11.5. The third-order valence-electron chi connectivity index (χ3n) is 2.79. The second-order valence-electron chi connectivity index (χ2n) is 5.20. The summed E-state index contributed by atoms with van der Waals surface area (Å²) in [6, 6.07) is 11.4. The summed E-state index contributed by atoms with van der Waals surface area (Å²) in [5.74, 6) is -0.444. The molecule has 0 aliphatic rings. The lowest BCUT2D eigenvalue weighted by Crippen LogP contribution is -2.10. The molecule has 0 N–H and O–H groups in total. The van der Waals surface area contributed by atoms with Gasteiger partial charge in [0.15, 0.2) is 0 Å². The summed E-state index contributed by atoms with van der Waals surface area (Å²) in [5, 5.41) is 0. The summed E-state index contributed by atoms with van der Waals surface area (Å²) >= 11 is 0. The highest BCUT2D eigenvalue weighted by atomic mass is 19.1. The van der Waals surface area contributed by atoms with Crippen LogP contribution in [0.3, 0.4) is 0 Å². The fourth-order valence-corrected chi connectivity index (χ4v) is 1.71. The molecule has 0 aliphatic heterocycles. The lowest BCUT2D eigenvalue weighted by Gasteiger charge is -2.19. The van der Waals surface area contributed by atoms with Gasteiger partial charge in [0.25, 0.3) is 0 Å². The van der Waals surface area contributed by atoms with Gasteiger partial charge in [-0.25, -0.2) is 4.98 Å². The quantitative estimate of drug-likeness (QED) is 0.668. The Bertz CT molecular complexity index is 509. The highest BCUT2D eigenvalue weighted by molar-refractivity contribution is 5.63. The molecule has 0 saturated carbocycles. The van der Waals surface area contributed by atoms with Crippen LogP contribution in [0, 0.1) is 5.95 Å². The van der Waals surface area contributed by atoms with Crippen molar-refractivity contribution in [2.45, 2.75) is 26.2 Å². The number of rotatable bonds is 1. The molecule has 88 valence electrons. The lowest BCUT2D eigenvalue weighted by atomic mass is 9.85. The summed E-state index contributed by atoms with van der Waals surface area (Å²) in [7, 11) is 0. The van der Waals surface area contributed by atoms with Gasteiger partial charge >= 0.3 is 0 Å². The first kappa shape index (κ1) is 11.8. The molecule has 2 aromatic rings. The molecule has 0 radical (unpaired) electrons. The highest BCUT2D eigenvalue weighted by Crippen LogP contribution is 2.27. The Morgan fingerprint density at radius 3 is 2.35 bits per heavy atom. The smallest absolute Gasteiger partial charge is 0.212 e. The molecular weight excluding hydrogens is 213 g/mol. The number of nitrogens with zero attached hydrogens (tertiary/aromatic N) is 1. The summed E-state index contributed by atoms with van der Waals surface area (Å²) in [4.78, 5) is 3.68. The van der Waals surface area contributed by atoms with E-state index < -0.39 is 5.95 Å². The number of halogens is 1. The van der Waals surface area contributed by atoms with Crippen LogP contribution in [0.1, 0.15) is 26.3 Å². The van der Waals surface area contributed by atoms with Gasteiger partial charge in [-0.15, -0.1) is 0 Å². The molecule has 0 spiro atoms. The van der Waals surface area contributed by atoms with E-state index in [0.717, 1.165) is 11.1 Å². The summed E-state index contributed by atoms with van der Waals surface area (Å²) in [6.45, 7) is 6.53. The second kappa shape index (κ2) is 4.28. The van der Waals surface area contributed by atoms with E-state index >= 15 is 0 Å². The minimum atomic E-state index is -0.444. The minimum absolute atomic E-state index is 0.115. The SMILES string of the molecule is CC(C)(C)c1cccc(-c2ccc(F)nc2)c1. The zero-order valence-electron chi connectivity index (χ0n) is 10.4. The van der Waals surface area contributed by atoms with Crippen LogP contribution in [-0.2, 0) is 5.41 Å². The molecule has 0 atom stereocenters. The molecule has 1 aromatic heterocycles. The van der Waals surface area contributed by atoms with Crippen molar-refractivity contribution in [1.82, 2.24) is 4.98 Å². The van der Waals surface area contributed by atoms with E-state index in [4.69, 9.17) is 0 Å². The Morgan fingerprint density at radius 2 is 1.76 bits per heavy atom. The van der Waals surface area contributed by atoms with Crippen LogP contribution >= 0.6 is 0 Å². The Balaban J connectivity index is 2.43. The average Bonchev–Trinajstić information content (AvgIpc) is 2.29. The van der Waals surface area contributed by atoms with E-state index in [1.54, 1.807) is 12.3 Å². The van der Waals surface area contributed by atoms with Gasteiger partial charge in [0, 0.05) is 11.8 Å². The fraction of sp³-hybridized carbons (Fsp3) is 0.267. The number of hydrogen-bond donors (Lipinski definition) is 0. The fourth-order valence-electron chi connectivity index (χ4n) is 1.71. The first-order valence-corrected chi connectivity index (χ1v) is 5.69. The van der Waals surface area contributed by atoms with Crippen molar-refractivity contribution in [2.24, 2.45) is 0 Å². The Kier molecular flexibility index (Phi) is 2.97. The number of aromatic nitrogens is 1. The van der Waals surface area contributed by atoms with Gasteiger partial charge in [0.2, 0.25) is 5.95 Å². The topological polar surface area (TPSA) is 12.9 Å². The molecule has 1 aromatic carbocycles. The van der Waals surface area contributed by atoms with E-state index in [2.05, 4.69) is 37.9 Å². The maximum atomic E-state index is 12.8. The molecule has 0 bridgehead atoms. The minimum Gasteiger partial charge on any atom is -0.228 e. The van der Waals surface area contributed by atoms with Crippen LogP contribution < -0.4 is 0 Å². The maximum absolute atomic E-state index is 12.8. The molecule has 0 unspecified atom stereocenters. The molecule has 0 fully saturated rings. The zero-order valence-corrected chi connectivity index (χ0v) is 10.4. The van der Waals surface area contributed by atoms with Crippen molar-refractivity contribution in [3.63, 3.8) is 0 Å². The summed E-state index contributed by atoms with van der Waals surface area (Å²) in [6.07, 6.45) is 1.57. The predicted octanol–water partition coefficient (Wildman–Crippen LogP) is 4.19. The standard InChI is InChI=1S/C15H16FN/c1-15(2,3)13-6-4-5-11(9-13)12-7-8-14(16)17-10-12/h4-10H,1-3H3. The summed E-state index contributed by atoms with van der Waals surface area (Å²) < 4.78 is 12.8. The van der Waals surface area contributed by atoms with Gasteiger partial charge in [-0.05, 0) is 28.7 Å². The molecule has 1 nitrogen and oxygen atoms in total. The van der Waals surface area contributed by atoms with E-state index in [-0.39, 0.29) is 5.41 Å². The first-order valence-electron chi connectivity index (χ1n) is 5.69. The van der Waals surface area contributed by atoms with E-state index in [1.807, 2.05) is 12.1 Å². The molecule has 17 heavy (non-hydrogen) atoms. The Hall–Kier alpha value is -1.70. The van der Waals surface area contributed by atoms with E-state index in [9.17, 15) is 4.39 Å². The average molecular weight is 229 g/mol. The third-order valence-corrected chi connectivity index (χ3v) is 2.79. The number of hydrogen-bond acceptors (Lipinski definition) is 1. The molecule has 2 heteroatoms. The molecule has 0 saturated heterocycles. The van der Waals surface area contributed by atoms with Crippen LogP contribution in [-0.4, -0.2) is 4.98 Å². The largest absolute Gasteiger partial charge is 0.228 e. The van der Waals surface area contributed by atoms with E-state index in [1.165, 1.54) is 11.6 Å². The number of benzene rings is 1. The molecule has 0 aliphatic carbocycles. The van der Waals surface area contributed by atoms with Gasteiger partial charge in [-0.3, -0.25) is 0 Å². The van der Waals surface area contributed by atoms with Crippen molar-refractivity contribution in [3.05, 3.63) is 54.1 Å². The van der Waals surface area contributed by atoms with Crippen LogP contribution in [0.4, 0.5) is 4.39 Å². The van der Waals surface area contributed by atoms with Gasteiger partial charge in [-0.2, -0.15) is 4.39 Å². The van der Waals surface area contributed by atoms with Crippen molar-refractivity contribution in [3.8, 4) is 11.1 Å². The first-order chi connectivity index (χ1) is 7.97. The van der Waals surface area contributed by atoms with Gasteiger partial charge < -0.3 is 0 Å². The van der Waals surface area contributed by atoms with Crippen LogP contribution in [0.15, 0.2) is 42.6 Å². The lowest BCUT2D eigenvalue weighted by molar-refractivity contribution is 0.584. The third kappa shape index (κ3) is 2.70. The molecule has 1 heterocycles. The van der Waals surface area contributed by atoms with Crippen molar-refractivity contribution in [2.75, 3.05) is 0 Å². The molecule has 0 amide bonds. The molecule has 2 rings (SSSR count). The predicted molar refractivity (Wildman–Crippen MR) is 68.3 cm³/mol. The zero-order chi connectivity index (χ0) is 12.5. The maximum Gasteiger partial charge on any atom is 0.212 e. The number of pyridine rings is 1. The van der Waals surface area contributed by atoms with Crippen molar-refractivity contribution < 1.29 is 4.39 Å². The van der Waals surface area contributed by atoms with Gasteiger partial charge in [-0.1, -0.05) is 45.0 Å². The van der Waals surface area contributed by atoms with Crippen LogP contribution in [0.5, 0.6) is 0 Å². The summed E-state index contributed by atoms with van der Waals surface area (Å²) in [5.41, 5.74) is 3.39. The van der Waals surface area contributed by atoms with Gasteiger partial charge in [0.05, 0.1) is 0 Å². The van der Waals surface area contributed by atoms with E-state index in [0.29, 0.717) is 0 Å². The van der Waals surface area contributed by atoms with Crippen molar-refractivity contribution >= 4 is 0 Å². The van der Waals surface area contributed by atoms with Crippen LogP contribution in [0.2, 0.25) is 0 Å². The van der Waals surface area contributed by atoms with Crippen molar-refractivity contribution in [1.29, 1.82) is 0 Å². The second-order valence-corrected chi connectivity index (χ2v) is 5.20. The highest BCUT2D eigenvalue weighted by Gasteiger charge is 2.13.